The van der Waals surface area contributed by atoms with Crippen LogP contribution in [0.25, 0.3) is 21.9 Å². The van der Waals surface area contributed by atoms with Gasteiger partial charge in [-0.15, -0.1) is 0 Å². The summed E-state index contributed by atoms with van der Waals surface area (Å²) in [5, 5.41) is 2.20. The normalized spacial score (nSPS) is 19.9. The number of hydrogen-bond donors (Lipinski definition) is 0. The number of furan rings is 1. The van der Waals surface area contributed by atoms with E-state index in [9.17, 15) is 0 Å². The first-order valence-electron chi connectivity index (χ1n) is 10.7. The van der Waals surface area contributed by atoms with Gasteiger partial charge in [-0.1, -0.05) is 67.8 Å². The lowest BCUT2D eigenvalue weighted by Crippen LogP contribution is -2.22. The number of allylic oxidation sites excluding steroid dienone is 3. The molecule has 31 heavy (non-hydrogen) atoms. The van der Waals surface area contributed by atoms with Gasteiger partial charge in [0.15, 0.2) is 0 Å². The van der Waals surface area contributed by atoms with Gasteiger partial charge in [0.05, 0.1) is 11.8 Å². The molecule has 0 saturated carbocycles. The van der Waals surface area contributed by atoms with Crippen molar-refractivity contribution in [3.8, 4) is 0 Å². The summed E-state index contributed by atoms with van der Waals surface area (Å²) in [5.41, 5.74) is 6.52. The number of para-hydroxylation sites is 1. The predicted molar refractivity (Wildman–Crippen MR) is 133 cm³/mol. The highest BCUT2D eigenvalue weighted by Gasteiger charge is 2.26. The number of aliphatic imine (C=N–C) groups is 2. The fraction of sp³-hybridized carbons (Fsp3) is 0.214. The highest BCUT2D eigenvalue weighted by Crippen LogP contribution is 2.36. The van der Waals surface area contributed by atoms with Crippen molar-refractivity contribution in [2.75, 3.05) is 0 Å². The van der Waals surface area contributed by atoms with Crippen LogP contribution in [0.3, 0.4) is 0 Å². The van der Waals surface area contributed by atoms with Crippen LogP contribution in [0.4, 0.5) is 0 Å². The van der Waals surface area contributed by atoms with Crippen LogP contribution in [-0.2, 0) is 6.42 Å². The zero-order valence-corrected chi connectivity index (χ0v) is 18.1. The summed E-state index contributed by atoms with van der Waals surface area (Å²) in [6, 6.07) is 12.5. The van der Waals surface area contributed by atoms with Crippen molar-refractivity contribution in [3.63, 3.8) is 0 Å². The summed E-state index contributed by atoms with van der Waals surface area (Å²) in [4.78, 5) is 9.29. The van der Waals surface area contributed by atoms with E-state index in [-0.39, 0.29) is 12.0 Å². The highest BCUT2D eigenvalue weighted by molar-refractivity contribution is 6.20. The molecule has 0 fully saturated rings. The number of nitrogens with zero attached hydrogens (tertiary/aromatic N) is 2. The van der Waals surface area contributed by atoms with Gasteiger partial charge in [0, 0.05) is 34.4 Å². The van der Waals surface area contributed by atoms with Crippen molar-refractivity contribution >= 4 is 34.4 Å². The number of benzene rings is 2. The van der Waals surface area contributed by atoms with Gasteiger partial charge in [-0.25, -0.2) is 0 Å². The minimum atomic E-state index is -0.0116. The van der Waals surface area contributed by atoms with Gasteiger partial charge in [-0.3, -0.25) is 9.98 Å². The summed E-state index contributed by atoms with van der Waals surface area (Å²) in [6.45, 7) is 18.4. The average Bonchev–Trinajstić information content (AvgIpc) is 3.15. The van der Waals surface area contributed by atoms with E-state index >= 15 is 0 Å². The van der Waals surface area contributed by atoms with Crippen LogP contribution in [0.1, 0.15) is 30.9 Å². The molecule has 0 saturated heterocycles. The van der Waals surface area contributed by atoms with Crippen LogP contribution < -0.4 is 0 Å². The molecular formula is C28H28N2O. The molecular weight excluding hydrogens is 380 g/mol. The van der Waals surface area contributed by atoms with Crippen LogP contribution in [-0.4, -0.2) is 18.5 Å². The van der Waals surface area contributed by atoms with Crippen molar-refractivity contribution in [2.45, 2.75) is 32.2 Å². The summed E-state index contributed by atoms with van der Waals surface area (Å²) >= 11 is 0. The van der Waals surface area contributed by atoms with Crippen LogP contribution in [0.15, 0.2) is 100 Å². The van der Waals surface area contributed by atoms with Crippen LogP contribution >= 0.6 is 0 Å². The second-order valence-electron chi connectivity index (χ2n) is 8.02. The first-order valence-corrected chi connectivity index (χ1v) is 10.7. The van der Waals surface area contributed by atoms with Gasteiger partial charge in [0.1, 0.15) is 11.2 Å². The second kappa shape index (κ2) is 8.73. The summed E-state index contributed by atoms with van der Waals surface area (Å²) in [6.07, 6.45) is 8.28. The molecule has 156 valence electrons. The number of fused-ring (bicyclic) bond motifs is 5. The Morgan fingerprint density at radius 3 is 2.74 bits per heavy atom. The minimum Gasteiger partial charge on any atom is -0.455 e. The summed E-state index contributed by atoms with van der Waals surface area (Å²) < 4.78 is 6.33. The van der Waals surface area contributed by atoms with E-state index in [4.69, 9.17) is 9.41 Å². The Bertz CT molecular complexity index is 1250. The Balaban J connectivity index is 1.93. The van der Waals surface area contributed by atoms with Crippen molar-refractivity contribution in [2.24, 2.45) is 15.9 Å². The molecule has 0 spiro atoms. The summed E-state index contributed by atoms with van der Waals surface area (Å²) in [7, 11) is 0. The van der Waals surface area contributed by atoms with Gasteiger partial charge >= 0.3 is 0 Å². The molecule has 1 aromatic heterocycles. The van der Waals surface area contributed by atoms with E-state index in [0.29, 0.717) is 6.42 Å². The SMILES string of the molecule is C=CC1=NC(=C)CC(N=C)C(C(=C)/C=C\C)CCc2ccc3c(oc4ccccc43)c21. The van der Waals surface area contributed by atoms with E-state index in [1.165, 1.54) is 5.56 Å². The molecule has 2 unspecified atom stereocenters. The van der Waals surface area contributed by atoms with E-state index in [1.807, 2.05) is 31.2 Å². The molecule has 2 aromatic carbocycles. The molecule has 4 rings (SSSR count). The van der Waals surface area contributed by atoms with Crippen molar-refractivity contribution in [1.29, 1.82) is 0 Å². The third kappa shape index (κ3) is 3.84. The molecule has 3 heteroatoms. The topological polar surface area (TPSA) is 37.9 Å². The molecule has 0 radical (unpaired) electrons. The van der Waals surface area contributed by atoms with Gasteiger partial charge in [-0.2, -0.15) is 0 Å². The number of hydrogen-bond acceptors (Lipinski definition) is 3. The number of aryl methyl sites for hydroxylation is 1. The zero-order chi connectivity index (χ0) is 22.0. The van der Waals surface area contributed by atoms with Crippen LogP contribution in [0.5, 0.6) is 0 Å². The molecule has 3 nitrogen and oxygen atoms in total. The van der Waals surface area contributed by atoms with Gasteiger partial charge in [-0.05, 0) is 44.2 Å². The van der Waals surface area contributed by atoms with Crippen molar-refractivity contribution < 1.29 is 4.42 Å². The fourth-order valence-electron chi connectivity index (χ4n) is 4.59. The maximum absolute atomic E-state index is 6.33. The van der Waals surface area contributed by atoms with Gasteiger partial charge in [0.2, 0.25) is 0 Å². The van der Waals surface area contributed by atoms with E-state index in [0.717, 1.165) is 57.3 Å². The maximum atomic E-state index is 6.33. The lowest BCUT2D eigenvalue weighted by atomic mass is 9.83. The first kappa shape index (κ1) is 20.8. The molecule has 1 aliphatic heterocycles. The molecule has 2 heterocycles. The Hall–Kier alpha value is -3.46. The van der Waals surface area contributed by atoms with Gasteiger partial charge in [0.25, 0.3) is 0 Å². The van der Waals surface area contributed by atoms with E-state index in [2.05, 4.69) is 55.7 Å². The molecule has 3 aromatic rings. The largest absolute Gasteiger partial charge is 0.455 e. The monoisotopic (exact) mass is 408 g/mol. The predicted octanol–water partition coefficient (Wildman–Crippen LogP) is 7.23. The fourth-order valence-corrected chi connectivity index (χ4v) is 4.59. The van der Waals surface area contributed by atoms with Crippen LogP contribution in [0, 0.1) is 5.92 Å². The average molecular weight is 409 g/mol. The molecule has 0 amide bonds. The lowest BCUT2D eigenvalue weighted by Gasteiger charge is -2.26. The smallest absolute Gasteiger partial charge is 0.145 e. The molecule has 0 aliphatic carbocycles. The van der Waals surface area contributed by atoms with Crippen molar-refractivity contribution in [3.05, 3.63) is 96.8 Å². The molecule has 0 bridgehead atoms. The highest BCUT2D eigenvalue weighted by atomic mass is 16.3. The maximum Gasteiger partial charge on any atom is 0.145 e. The Kier molecular flexibility index (Phi) is 5.85. The quantitative estimate of drug-likeness (QED) is 0.331. The van der Waals surface area contributed by atoms with E-state index < -0.39 is 0 Å². The lowest BCUT2D eigenvalue weighted by molar-refractivity contribution is 0.455. The molecule has 2 atom stereocenters. The third-order valence-corrected chi connectivity index (χ3v) is 6.09. The molecule has 0 N–H and O–H groups in total. The molecule has 1 aliphatic rings. The first-order chi connectivity index (χ1) is 15.1. The Labute approximate surface area is 183 Å². The standard InChI is InChI=1S/C28H28N2O/c1-6-10-18(3)21-15-13-20-14-16-23-22-11-8-9-12-26(22)31-28(23)27(20)24(7-2)30-19(4)17-25(21)29-5/h6-12,14,16,21,25H,2-5,13,15,17H2,1H3/b10-6-,30-24?. The second-order valence-corrected chi connectivity index (χ2v) is 8.02. The zero-order valence-electron chi connectivity index (χ0n) is 18.1. The number of rotatable bonds is 4. The van der Waals surface area contributed by atoms with Crippen LogP contribution in [0.2, 0.25) is 0 Å². The third-order valence-electron chi connectivity index (χ3n) is 6.09. The van der Waals surface area contributed by atoms with Gasteiger partial charge < -0.3 is 4.42 Å². The Morgan fingerprint density at radius 2 is 2.00 bits per heavy atom. The van der Waals surface area contributed by atoms with Crippen molar-refractivity contribution in [1.82, 2.24) is 0 Å². The minimum absolute atomic E-state index is 0.0116. The van der Waals surface area contributed by atoms with E-state index in [1.54, 1.807) is 6.08 Å². The summed E-state index contributed by atoms with van der Waals surface area (Å²) in [5.74, 6) is 0.171. The Morgan fingerprint density at radius 1 is 1.19 bits per heavy atom.